The number of nitrogens with one attached hydrogen (secondary N) is 1. The molecule has 3 aliphatic rings. The number of imide groups is 2. The monoisotopic (exact) mass is 564 g/mol. The summed E-state index contributed by atoms with van der Waals surface area (Å²) < 4.78 is 27.3. The minimum absolute atomic E-state index is 0.131. The summed E-state index contributed by atoms with van der Waals surface area (Å²) in [4.78, 5) is 53.0. The van der Waals surface area contributed by atoms with Gasteiger partial charge in [-0.1, -0.05) is 12.5 Å². The number of hydrogen-bond acceptors (Lipinski definition) is 9. The fraction of sp³-hybridized carbons (Fsp3) is 0.400. The van der Waals surface area contributed by atoms with Gasteiger partial charge >= 0.3 is 12.0 Å². The highest BCUT2D eigenvalue weighted by Gasteiger charge is 2.49. The molecule has 2 aromatic carbocycles. The molecule has 5 rings (SSSR count). The van der Waals surface area contributed by atoms with E-state index < -0.39 is 23.8 Å². The minimum Gasteiger partial charge on any atom is -0.493 e. The number of amides is 4. The maximum Gasteiger partial charge on any atom is 0.343 e. The van der Waals surface area contributed by atoms with Crippen molar-refractivity contribution in [3.05, 3.63) is 47.0 Å². The van der Waals surface area contributed by atoms with E-state index in [-0.39, 0.29) is 41.2 Å². The van der Waals surface area contributed by atoms with Crippen molar-refractivity contribution in [2.75, 3.05) is 27.9 Å². The summed E-state index contributed by atoms with van der Waals surface area (Å²) in [5, 5.41) is 2.32. The average Bonchev–Trinajstić information content (AvgIpc) is 3.59. The summed E-state index contributed by atoms with van der Waals surface area (Å²) in [7, 11) is 4.34. The van der Waals surface area contributed by atoms with Crippen LogP contribution in [0.3, 0.4) is 0 Å². The molecule has 0 aromatic heterocycles. The number of nitrogens with zero attached hydrogens (tertiary/aromatic N) is 1. The Morgan fingerprint density at radius 3 is 2.27 bits per heavy atom. The lowest BCUT2D eigenvalue weighted by atomic mass is 9.93. The van der Waals surface area contributed by atoms with Crippen LogP contribution in [0.15, 0.2) is 35.9 Å². The Bertz CT molecular complexity index is 1410. The molecule has 4 amide bonds. The van der Waals surface area contributed by atoms with Crippen LogP contribution < -0.4 is 29.0 Å². The van der Waals surface area contributed by atoms with Crippen molar-refractivity contribution < 1.29 is 42.9 Å². The predicted molar refractivity (Wildman–Crippen MR) is 146 cm³/mol. The molecule has 1 N–H and O–H groups in total. The molecule has 41 heavy (non-hydrogen) atoms. The molecule has 11 nitrogen and oxygen atoms in total. The number of carbonyl (C=O) groups excluding carboxylic acids is 4. The third-order valence-corrected chi connectivity index (χ3v) is 7.85. The van der Waals surface area contributed by atoms with Gasteiger partial charge in [0.05, 0.1) is 33.5 Å². The maximum absolute atomic E-state index is 13.4. The van der Waals surface area contributed by atoms with Crippen molar-refractivity contribution in [2.45, 2.75) is 38.6 Å². The number of urea groups is 1. The van der Waals surface area contributed by atoms with Crippen LogP contribution >= 0.6 is 0 Å². The Kier molecular flexibility index (Phi) is 7.87. The van der Waals surface area contributed by atoms with E-state index in [1.165, 1.54) is 50.5 Å². The summed E-state index contributed by atoms with van der Waals surface area (Å²) in [5.74, 6) is 0.00582. The summed E-state index contributed by atoms with van der Waals surface area (Å²) in [5.41, 5.74) is 0.474. The van der Waals surface area contributed by atoms with Gasteiger partial charge in [0, 0.05) is 6.04 Å². The topological polar surface area (TPSA) is 130 Å². The lowest BCUT2D eigenvalue weighted by molar-refractivity contribution is -0.132. The highest BCUT2D eigenvalue weighted by atomic mass is 16.6. The number of methoxy groups -OCH3 is 3. The second kappa shape index (κ2) is 11.5. The molecule has 11 heteroatoms. The number of esters is 1. The molecule has 0 spiro atoms. The van der Waals surface area contributed by atoms with E-state index in [0.717, 1.165) is 25.7 Å². The molecule has 0 unspecified atom stereocenters. The molecule has 1 saturated heterocycles. The smallest absolute Gasteiger partial charge is 0.343 e. The fourth-order valence-electron chi connectivity index (χ4n) is 5.99. The highest BCUT2D eigenvalue weighted by molar-refractivity contribution is 6.31. The molecule has 2 bridgehead atoms. The van der Waals surface area contributed by atoms with E-state index >= 15 is 0 Å². The largest absolute Gasteiger partial charge is 0.493 e. The fourth-order valence-corrected chi connectivity index (χ4v) is 5.99. The van der Waals surface area contributed by atoms with Crippen LogP contribution in [0.5, 0.6) is 28.7 Å². The molecule has 3 fully saturated rings. The Morgan fingerprint density at radius 1 is 0.951 bits per heavy atom. The van der Waals surface area contributed by atoms with Crippen molar-refractivity contribution in [3.8, 4) is 28.7 Å². The lowest BCUT2D eigenvalue weighted by Gasteiger charge is -2.35. The van der Waals surface area contributed by atoms with E-state index in [1.54, 1.807) is 19.1 Å². The SMILES string of the molecule is CCOc1cc(/C=C2\C(=O)NC(=O)N([C@@H]3C[C@H]4CC[C@H]3C4)C2=O)ccc1OC(=O)c1cc(OC)c(OC)c(OC)c1. The van der Waals surface area contributed by atoms with Crippen LogP contribution in [-0.2, 0) is 9.59 Å². The summed E-state index contributed by atoms with van der Waals surface area (Å²) >= 11 is 0. The Labute approximate surface area is 237 Å². The molecule has 2 aromatic rings. The normalized spacial score (nSPS) is 22.5. The van der Waals surface area contributed by atoms with E-state index in [0.29, 0.717) is 28.7 Å². The molecule has 1 aliphatic heterocycles. The number of hydrogen-bond donors (Lipinski definition) is 1. The van der Waals surface area contributed by atoms with E-state index in [2.05, 4.69) is 5.32 Å². The molecular weight excluding hydrogens is 532 g/mol. The zero-order valence-corrected chi connectivity index (χ0v) is 23.4. The van der Waals surface area contributed by atoms with E-state index in [9.17, 15) is 19.2 Å². The van der Waals surface area contributed by atoms with Gasteiger partial charge in [0.25, 0.3) is 11.8 Å². The summed E-state index contributed by atoms with van der Waals surface area (Å²) in [6, 6.07) is 6.74. The number of ether oxygens (including phenoxy) is 5. The Hall–Kier alpha value is -4.54. The second-order valence-electron chi connectivity index (χ2n) is 10.2. The predicted octanol–water partition coefficient (Wildman–Crippen LogP) is 3.98. The number of rotatable bonds is 9. The van der Waals surface area contributed by atoms with E-state index in [1.807, 2.05) is 0 Å². The van der Waals surface area contributed by atoms with Gasteiger partial charge in [-0.3, -0.25) is 19.8 Å². The van der Waals surface area contributed by atoms with Crippen molar-refractivity contribution in [3.63, 3.8) is 0 Å². The van der Waals surface area contributed by atoms with Crippen LogP contribution in [0, 0.1) is 11.8 Å². The number of benzene rings is 2. The van der Waals surface area contributed by atoms with Crippen LogP contribution in [0.4, 0.5) is 4.79 Å². The van der Waals surface area contributed by atoms with Crippen LogP contribution in [0.1, 0.15) is 48.5 Å². The van der Waals surface area contributed by atoms with Gasteiger partial charge in [0.1, 0.15) is 5.57 Å². The molecule has 1 heterocycles. The molecular formula is C30H32N2O9. The quantitative estimate of drug-likeness (QED) is 0.208. The Balaban J connectivity index is 1.41. The highest BCUT2D eigenvalue weighted by Crippen LogP contribution is 2.47. The van der Waals surface area contributed by atoms with Crippen molar-refractivity contribution in [1.29, 1.82) is 0 Å². The molecule has 2 saturated carbocycles. The minimum atomic E-state index is -0.754. The number of barbiturate groups is 1. The average molecular weight is 565 g/mol. The van der Waals surface area contributed by atoms with Gasteiger partial charge in [-0.05, 0) is 73.9 Å². The first kappa shape index (κ1) is 28.0. The second-order valence-corrected chi connectivity index (χ2v) is 10.2. The first-order chi connectivity index (χ1) is 19.8. The van der Waals surface area contributed by atoms with Gasteiger partial charge in [-0.2, -0.15) is 0 Å². The third kappa shape index (κ3) is 5.31. The van der Waals surface area contributed by atoms with Gasteiger partial charge in [0.2, 0.25) is 5.75 Å². The van der Waals surface area contributed by atoms with Crippen LogP contribution in [-0.4, -0.2) is 62.7 Å². The number of fused-ring (bicyclic) bond motifs is 2. The molecule has 3 atom stereocenters. The first-order valence-electron chi connectivity index (χ1n) is 13.5. The van der Waals surface area contributed by atoms with Gasteiger partial charge < -0.3 is 23.7 Å². The molecule has 216 valence electrons. The zero-order valence-electron chi connectivity index (χ0n) is 23.4. The van der Waals surface area contributed by atoms with Gasteiger partial charge in [-0.25, -0.2) is 9.59 Å². The Morgan fingerprint density at radius 2 is 1.68 bits per heavy atom. The zero-order chi connectivity index (χ0) is 29.3. The maximum atomic E-state index is 13.4. The summed E-state index contributed by atoms with van der Waals surface area (Å²) in [6.45, 7) is 2.04. The first-order valence-corrected chi connectivity index (χ1v) is 13.5. The van der Waals surface area contributed by atoms with Crippen molar-refractivity contribution in [1.82, 2.24) is 10.2 Å². The number of carbonyl (C=O) groups is 4. The lowest BCUT2D eigenvalue weighted by Crippen LogP contribution is -2.58. The van der Waals surface area contributed by atoms with Crippen LogP contribution in [0.25, 0.3) is 6.08 Å². The van der Waals surface area contributed by atoms with E-state index in [4.69, 9.17) is 23.7 Å². The molecule has 0 radical (unpaired) electrons. The van der Waals surface area contributed by atoms with Crippen LogP contribution in [0.2, 0.25) is 0 Å². The van der Waals surface area contributed by atoms with Crippen molar-refractivity contribution >= 4 is 29.9 Å². The molecule has 2 aliphatic carbocycles. The van der Waals surface area contributed by atoms with Gasteiger partial charge in [-0.15, -0.1) is 0 Å². The standard InChI is InChI=1S/C30H32N2O9/c1-5-40-23-13-17(7-9-22(23)41-29(35)19-14-24(37-2)26(39-4)25(15-19)38-3)11-20-27(33)31-30(36)32(28(20)34)21-12-16-6-8-18(21)10-16/h7,9,11,13-16,18,21H,5-6,8,10,12H2,1-4H3,(H,31,33,36)/b20-11+/t16-,18-,21+/m0/s1. The van der Waals surface area contributed by atoms with Gasteiger partial charge in [0.15, 0.2) is 23.0 Å². The third-order valence-electron chi connectivity index (χ3n) is 7.85. The summed E-state index contributed by atoms with van der Waals surface area (Å²) in [6.07, 6.45) is 5.28. The van der Waals surface area contributed by atoms with Crippen molar-refractivity contribution in [2.24, 2.45) is 11.8 Å².